The van der Waals surface area contributed by atoms with Gasteiger partial charge in [0.15, 0.2) is 0 Å². The Morgan fingerprint density at radius 3 is 2.68 bits per heavy atom. The van der Waals surface area contributed by atoms with E-state index in [4.69, 9.17) is 15.2 Å². The molecular weight excluding hydrogens is 316 g/mol. The number of aromatic nitrogens is 2. The Hall–Kier alpha value is -2.94. The molecule has 3 rings (SSSR count). The van der Waals surface area contributed by atoms with Crippen LogP contribution >= 0.6 is 0 Å². The molecular formula is C19H22N4O2. The lowest BCUT2D eigenvalue weighted by Crippen LogP contribution is -2.21. The van der Waals surface area contributed by atoms with Crippen molar-refractivity contribution in [2.45, 2.75) is 45.6 Å². The summed E-state index contributed by atoms with van der Waals surface area (Å²) in [5, 5.41) is 16.9. The topological polar surface area (TPSA) is 97.0 Å². The summed E-state index contributed by atoms with van der Waals surface area (Å²) in [6.07, 6.45) is 1.90. The molecule has 1 aliphatic heterocycles. The van der Waals surface area contributed by atoms with Crippen LogP contribution in [-0.2, 0) is 6.42 Å². The van der Waals surface area contributed by atoms with Crippen LogP contribution in [0.1, 0.15) is 49.9 Å². The summed E-state index contributed by atoms with van der Waals surface area (Å²) < 4.78 is 11.3. The van der Waals surface area contributed by atoms with Gasteiger partial charge in [0, 0.05) is 11.3 Å². The number of aryl methyl sites for hydroxylation is 1. The summed E-state index contributed by atoms with van der Waals surface area (Å²) in [6, 6.07) is 9.96. The van der Waals surface area contributed by atoms with Crippen LogP contribution in [0, 0.1) is 11.3 Å². The molecule has 1 aliphatic rings. The molecule has 0 fully saturated rings. The summed E-state index contributed by atoms with van der Waals surface area (Å²) in [7, 11) is 0. The van der Waals surface area contributed by atoms with E-state index >= 15 is 0 Å². The highest BCUT2D eigenvalue weighted by Crippen LogP contribution is 2.43. The van der Waals surface area contributed by atoms with Crippen LogP contribution in [0.4, 0.5) is 0 Å². The number of nitrogens with one attached hydrogen (secondary N) is 1. The maximum Gasteiger partial charge on any atom is 0.244 e. The summed E-state index contributed by atoms with van der Waals surface area (Å²) in [5.41, 5.74) is 9.20. The van der Waals surface area contributed by atoms with Gasteiger partial charge in [-0.25, -0.2) is 0 Å². The molecule has 0 saturated heterocycles. The van der Waals surface area contributed by atoms with E-state index in [1.54, 1.807) is 0 Å². The molecule has 6 nitrogen and oxygen atoms in total. The Morgan fingerprint density at radius 1 is 1.36 bits per heavy atom. The third-order valence-electron chi connectivity index (χ3n) is 4.10. The highest BCUT2D eigenvalue weighted by atomic mass is 16.5. The Kier molecular flexibility index (Phi) is 4.66. The van der Waals surface area contributed by atoms with Gasteiger partial charge in [-0.2, -0.15) is 5.26 Å². The predicted molar refractivity (Wildman–Crippen MR) is 94.1 cm³/mol. The molecule has 1 aromatic carbocycles. The Morgan fingerprint density at radius 2 is 2.08 bits per heavy atom. The van der Waals surface area contributed by atoms with Crippen molar-refractivity contribution in [1.29, 1.82) is 5.26 Å². The number of aromatic amines is 1. The number of allylic oxidation sites excluding steroid dienone is 1. The minimum Gasteiger partial charge on any atom is -0.491 e. The van der Waals surface area contributed by atoms with E-state index < -0.39 is 0 Å². The number of ether oxygens (including phenoxy) is 2. The molecule has 1 atom stereocenters. The first-order valence-corrected chi connectivity index (χ1v) is 8.46. The minimum absolute atomic E-state index is 0.107. The van der Waals surface area contributed by atoms with Gasteiger partial charge < -0.3 is 15.2 Å². The van der Waals surface area contributed by atoms with E-state index in [2.05, 4.69) is 23.2 Å². The van der Waals surface area contributed by atoms with Crippen molar-refractivity contribution in [3.8, 4) is 17.7 Å². The van der Waals surface area contributed by atoms with Crippen molar-refractivity contribution in [3.05, 3.63) is 52.5 Å². The van der Waals surface area contributed by atoms with E-state index in [1.807, 2.05) is 38.1 Å². The highest BCUT2D eigenvalue weighted by molar-refractivity contribution is 5.55. The zero-order valence-electron chi connectivity index (χ0n) is 14.7. The molecule has 0 radical (unpaired) electrons. The lowest BCUT2D eigenvalue weighted by molar-refractivity contribution is 0.242. The van der Waals surface area contributed by atoms with Crippen molar-refractivity contribution in [2.75, 3.05) is 0 Å². The maximum absolute atomic E-state index is 9.63. The van der Waals surface area contributed by atoms with Gasteiger partial charge in [-0.3, -0.25) is 5.10 Å². The highest BCUT2D eigenvalue weighted by Gasteiger charge is 2.34. The zero-order valence-corrected chi connectivity index (χ0v) is 14.7. The van der Waals surface area contributed by atoms with Crippen LogP contribution in [0.2, 0.25) is 0 Å². The largest absolute Gasteiger partial charge is 0.491 e. The standard InChI is InChI=1S/C19H22N4O2/c1-4-5-15-17-16(12-6-8-13(9-7-12)24-11(2)3)14(10-20)18(21)25-19(17)23-22-15/h6-9,11,16H,4-5,21H2,1-3H3,(H,22,23)/t16-/m0/s1. The molecule has 6 heteroatoms. The number of benzene rings is 1. The molecule has 0 saturated carbocycles. The third kappa shape index (κ3) is 3.18. The number of nitrogens with two attached hydrogens (primary N) is 1. The Bertz CT molecular complexity index is 828. The van der Waals surface area contributed by atoms with Crippen molar-refractivity contribution in [2.24, 2.45) is 5.73 Å². The molecule has 2 heterocycles. The van der Waals surface area contributed by atoms with Gasteiger partial charge in [0.1, 0.15) is 17.4 Å². The third-order valence-corrected chi connectivity index (χ3v) is 4.10. The molecule has 0 spiro atoms. The molecule has 130 valence electrons. The fourth-order valence-electron chi connectivity index (χ4n) is 3.09. The number of nitriles is 1. The molecule has 0 amide bonds. The summed E-state index contributed by atoms with van der Waals surface area (Å²) >= 11 is 0. The van der Waals surface area contributed by atoms with Gasteiger partial charge in [0.2, 0.25) is 11.8 Å². The van der Waals surface area contributed by atoms with Crippen LogP contribution in [0.15, 0.2) is 35.7 Å². The first kappa shape index (κ1) is 16.9. The van der Waals surface area contributed by atoms with Gasteiger partial charge in [-0.1, -0.05) is 25.5 Å². The summed E-state index contributed by atoms with van der Waals surface area (Å²) in [5.74, 6) is 1.06. The van der Waals surface area contributed by atoms with E-state index in [0.29, 0.717) is 11.5 Å². The first-order chi connectivity index (χ1) is 12.0. The van der Waals surface area contributed by atoms with Gasteiger partial charge in [-0.15, -0.1) is 5.10 Å². The fourth-order valence-corrected chi connectivity index (χ4v) is 3.09. The Labute approximate surface area is 147 Å². The van der Waals surface area contributed by atoms with Crippen LogP contribution in [0.5, 0.6) is 11.6 Å². The number of nitrogens with zero attached hydrogens (tertiary/aromatic N) is 2. The molecule has 3 N–H and O–H groups in total. The fraction of sp³-hybridized carbons (Fsp3) is 0.368. The lowest BCUT2D eigenvalue weighted by atomic mass is 9.83. The van der Waals surface area contributed by atoms with Crippen LogP contribution in [0.3, 0.4) is 0 Å². The summed E-state index contributed by atoms with van der Waals surface area (Å²) in [4.78, 5) is 0. The average molecular weight is 338 g/mol. The van der Waals surface area contributed by atoms with Gasteiger partial charge in [-0.05, 0) is 38.0 Å². The second-order valence-corrected chi connectivity index (χ2v) is 6.33. The van der Waals surface area contributed by atoms with Crippen LogP contribution in [0.25, 0.3) is 0 Å². The van der Waals surface area contributed by atoms with Crippen LogP contribution in [-0.4, -0.2) is 16.3 Å². The molecule has 0 unspecified atom stereocenters. The number of fused-ring (bicyclic) bond motifs is 1. The van der Waals surface area contributed by atoms with Crippen molar-refractivity contribution in [3.63, 3.8) is 0 Å². The minimum atomic E-state index is -0.290. The maximum atomic E-state index is 9.63. The SMILES string of the molecule is CCCc1[nH]nc2c1[C@@H](c1ccc(OC(C)C)cc1)C(C#N)=C(N)O2. The number of hydrogen-bond donors (Lipinski definition) is 2. The van der Waals surface area contributed by atoms with E-state index in [1.165, 1.54) is 0 Å². The quantitative estimate of drug-likeness (QED) is 0.871. The molecule has 25 heavy (non-hydrogen) atoms. The molecule has 0 aliphatic carbocycles. The summed E-state index contributed by atoms with van der Waals surface area (Å²) in [6.45, 7) is 6.07. The smallest absolute Gasteiger partial charge is 0.244 e. The van der Waals surface area contributed by atoms with Gasteiger partial charge >= 0.3 is 0 Å². The average Bonchev–Trinajstić information content (AvgIpc) is 2.96. The van der Waals surface area contributed by atoms with E-state index in [-0.39, 0.29) is 17.9 Å². The monoisotopic (exact) mass is 338 g/mol. The molecule has 2 aromatic rings. The second kappa shape index (κ2) is 6.89. The van der Waals surface area contributed by atoms with E-state index in [9.17, 15) is 5.26 Å². The lowest BCUT2D eigenvalue weighted by Gasteiger charge is -2.24. The van der Waals surface area contributed by atoms with Crippen LogP contribution < -0.4 is 15.2 Å². The Balaban J connectivity index is 2.06. The zero-order chi connectivity index (χ0) is 18.0. The van der Waals surface area contributed by atoms with Crippen molar-refractivity contribution >= 4 is 0 Å². The van der Waals surface area contributed by atoms with E-state index in [0.717, 1.165) is 35.4 Å². The van der Waals surface area contributed by atoms with Gasteiger partial charge in [0.05, 0.1) is 12.0 Å². The second-order valence-electron chi connectivity index (χ2n) is 6.33. The van der Waals surface area contributed by atoms with Crippen molar-refractivity contribution in [1.82, 2.24) is 10.2 Å². The normalized spacial score (nSPS) is 16.4. The van der Waals surface area contributed by atoms with Gasteiger partial charge in [0.25, 0.3) is 0 Å². The molecule has 1 aromatic heterocycles. The molecule has 0 bridgehead atoms. The first-order valence-electron chi connectivity index (χ1n) is 8.46. The number of H-pyrrole nitrogens is 1. The number of hydrogen-bond acceptors (Lipinski definition) is 5. The number of rotatable bonds is 5. The van der Waals surface area contributed by atoms with Crippen molar-refractivity contribution < 1.29 is 9.47 Å². The predicted octanol–water partition coefficient (Wildman–Crippen LogP) is 3.37.